The number of halogens is 4. The normalized spacial score (nSPS) is 16.8. The van der Waals surface area contributed by atoms with Crippen LogP contribution in [0.15, 0.2) is 35.4 Å². The van der Waals surface area contributed by atoms with Gasteiger partial charge < -0.3 is 4.90 Å². The Balaban J connectivity index is 1.65. The largest absolute Gasteiger partial charge is 0.338 e. The predicted molar refractivity (Wildman–Crippen MR) is 133 cm³/mol. The number of alkyl halides is 2. The monoisotopic (exact) mass is 532 g/mol. The highest BCUT2D eigenvalue weighted by Gasteiger charge is 2.33. The molecule has 9 nitrogen and oxygen atoms in total. The van der Waals surface area contributed by atoms with E-state index in [0.29, 0.717) is 18.9 Å². The fourth-order valence-corrected chi connectivity index (χ4v) is 4.74. The summed E-state index contributed by atoms with van der Waals surface area (Å²) in [5, 5.41) is 4.41. The fraction of sp³-hybridized carbons (Fsp3) is 0.375. The third-order valence-corrected chi connectivity index (χ3v) is 6.82. The second-order valence-corrected chi connectivity index (χ2v) is 9.45. The molecule has 1 saturated heterocycles. The molecule has 0 bridgehead atoms. The predicted octanol–water partition coefficient (Wildman–Crippen LogP) is 3.35. The van der Waals surface area contributed by atoms with Gasteiger partial charge in [0.25, 0.3) is 12.0 Å². The second-order valence-electron chi connectivity index (χ2n) is 9.01. The summed E-state index contributed by atoms with van der Waals surface area (Å²) in [6, 6.07) is 3.77. The number of anilines is 1. The molecule has 1 aliphatic rings. The minimum atomic E-state index is -2.50. The average Bonchev–Trinajstić information content (AvgIpc) is 3.28. The third-order valence-electron chi connectivity index (χ3n) is 6.58. The van der Waals surface area contributed by atoms with Crippen molar-refractivity contribution >= 4 is 28.6 Å². The smallest absolute Gasteiger partial charge is 0.279 e. The molecule has 0 N–H and O–H groups in total. The van der Waals surface area contributed by atoms with Crippen LogP contribution in [0.2, 0.25) is 5.02 Å². The van der Waals surface area contributed by atoms with Gasteiger partial charge in [-0.2, -0.15) is 5.10 Å². The first-order valence-corrected chi connectivity index (χ1v) is 12.0. The van der Waals surface area contributed by atoms with Gasteiger partial charge >= 0.3 is 0 Å². The van der Waals surface area contributed by atoms with Crippen molar-refractivity contribution in [3.8, 4) is 11.3 Å². The van der Waals surface area contributed by atoms with Gasteiger partial charge in [0, 0.05) is 56.1 Å². The van der Waals surface area contributed by atoms with Crippen LogP contribution in [0.3, 0.4) is 0 Å². The van der Waals surface area contributed by atoms with Crippen LogP contribution in [-0.4, -0.2) is 66.8 Å². The quantitative estimate of drug-likeness (QED) is 0.390. The number of nitrogens with zero attached hydrogens (tertiary/aromatic N) is 8. The standard InChI is InChI=1S/C24H24ClF3N8O/c1-13-30-21-20(16-5-4-15(25)8-17(16)26)31-24(32-22(21)23(37)34(13)3)36-7-6-35(12-19(27)28)18(11-36)14-9-29-33(2)10-14/h4-5,8-10,18-19H,6-7,11-12H2,1-3H3. The Kier molecular flexibility index (Phi) is 6.63. The molecule has 0 spiro atoms. The van der Waals surface area contributed by atoms with Crippen molar-refractivity contribution in [1.29, 1.82) is 0 Å². The van der Waals surface area contributed by atoms with Gasteiger partial charge in [-0.05, 0) is 25.1 Å². The van der Waals surface area contributed by atoms with E-state index in [1.54, 1.807) is 43.0 Å². The van der Waals surface area contributed by atoms with Crippen molar-refractivity contribution in [2.24, 2.45) is 14.1 Å². The van der Waals surface area contributed by atoms with Gasteiger partial charge in [-0.3, -0.25) is 18.9 Å². The molecule has 0 amide bonds. The van der Waals surface area contributed by atoms with E-state index in [0.717, 1.165) is 5.56 Å². The lowest BCUT2D eigenvalue weighted by molar-refractivity contribution is 0.0593. The molecule has 13 heteroatoms. The van der Waals surface area contributed by atoms with Crippen LogP contribution in [-0.2, 0) is 14.1 Å². The topological polar surface area (TPSA) is 85.0 Å². The average molecular weight is 533 g/mol. The molecule has 4 aromatic rings. The Bertz CT molecular complexity index is 1540. The Morgan fingerprint density at radius 1 is 1.14 bits per heavy atom. The summed E-state index contributed by atoms with van der Waals surface area (Å²) in [7, 11) is 3.33. The van der Waals surface area contributed by atoms with Crippen molar-refractivity contribution in [1.82, 2.24) is 34.2 Å². The van der Waals surface area contributed by atoms with E-state index in [2.05, 4.69) is 20.1 Å². The molecule has 3 aromatic heterocycles. The third kappa shape index (κ3) is 4.78. The summed E-state index contributed by atoms with van der Waals surface area (Å²) in [5.41, 5.74) is 0.857. The van der Waals surface area contributed by atoms with Gasteiger partial charge in [-0.15, -0.1) is 0 Å². The van der Waals surface area contributed by atoms with E-state index in [4.69, 9.17) is 11.6 Å². The zero-order chi connectivity index (χ0) is 26.4. The molecular weight excluding hydrogens is 509 g/mol. The summed E-state index contributed by atoms with van der Waals surface area (Å²) >= 11 is 5.96. The van der Waals surface area contributed by atoms with Gasteiger partial charge in [-0.25, -0.2) is 28.1 Å². The zero-order valence-corrected chi connectivity index (χ0v) is 21.1. The summed E-state index contributed by atoms with van der Waals surface area (Å²) in [6.45, 7) is 2.18. The number of hydrogen-bond donors (Lipinski definition) is 0. The molecule has 0 saturated carbocycles. The lowest BCUT2D eigenvalue weighted by atomic mass is 10.1. The van der Waals surface area contributed by atoms with Crippen LogP contribution >= 0.6 is 11.6 Å². The summed E-state index contributed by atoms with van der Waals surface area (Å²) in [6.07, 6.45) is 0.926. The molecule has 4 heterocycles. The Labute approximate surface area is 215 Å². The van der Waals surface area contributed by atoms with Crippen LogP contribution < -0.4 is 10.5 Å². The lowest BCUT2D eigenvalue weighted by Crippen LogP contribution is -2.50. The first-order valence-electron chi connectivity index (χ1n) is 11.6. The van der Waals surface area contributed by atoms with Crippen molar-refractivity contribution in [3.63, 3.8) is 0 Å². The maximum absolute atomic E-state index is 15.0. The lowest BCUT2D eigenvalue weighted by Gasteiger charge is -2.41. The van der Waals surface area contributed by atoms with Gasteiger partial charge in [0.1, 0.15) is 22.9 Å². The fourth-order valence-electron chi connectivity index (χ4n) is 4.58. The van der Waals surface area contributed by atoms with Crippen molar-refractivity contribution < 1.29 is 13.2 Å². The molecule has 37 heavy (non-hydrogen) atoms. The Morgan fingerprint density at radius 2 is 1.92 bits per heavy atom. The number of fused-ring (bicyclic) bond motifs is 1. The molecule has 194 valence electrons. The van der Waals surface area contributed by atoms with Crippen LogP contribution in [0.5, 0.6) is 0 Å². The van der Waals surface area contributed by atoms with Crippen molar-refractivity contribution in [3.05, 3.63) is 63.2 Å². The molecule has 1 atom stereocenters. The molecule has 1 aromatic carbocycles. The van der Waals surface area contributed by atoms with Gasteiger partial charge in [0.15, 0.2) is 5.52 Å². The van der Waals surface area contributed by atoms with E-state index in [9.17, 15) is 13.6 Å². The minimum absolute atomic E-state index is 0.0374. The van der Waals surface area contributed by atoms with E-state index in [1.165, 1.54) is 22.8 Å². The van der Waals surface area contributed by atoms with E-state index in [-0.39, 0.29) is 39.8 Å². The van der Waals surface area contributed by atoms with E-state index in [1.807, 2.05) is 4.90 Å². The summed E-state index contributed by atoms with van der Waals surface area (Å²) in [4.78, 5) is 30.4. The number of aromatic nitrogens is 6. The highest BCUT2D eigenvalue weighted by atomic mass is 35.5. The van der Waals surface area contributed by atoms with E-state index < -0.39 is 30.4 Å². The maximum atomic E-state index is 15.0. The van der Waals surface area contributed by atoms with Crippen LogP contribution in [0.25, 0.3) is 22.3 Å². The first kappa shape index (κ1) is 25.2. The summed E-state index contributed by atoms with van der Waals surface area (Å²) < 4.78 is 44.7. The van der Waals surface area contributed by atoms with Gasteiger partial charge in [-0.1, -0.05) is 11.6 Å². The number of piperazine rings is 1. The zero-order valence-electron chi connectivity index (χ0n) is 20.4. The highest BCUT2D eigenvalue weighted by molar-refractivity contribution is 6.30. The second kappa shape index (κ2) is 9.75. The first-order chi connectivity index (χ1) is 17.6. The van der Waals surface area contributed by atoms with Gasteiger partial charge in [0.05, 0.1) is 18.8 Å². The minimum Gasteiger partial charge on any atom is -0.338 e. The number of rotatable bonds is 5. The number of hydrogen-bond acceptors (Lipinski definition) is 7. The Hall–Kier alpha value is -3.51. The molecule has 1 fully saturated rings. The molecule has 0 aliphatic carbocycles. The van der Waals surface area contributed by atoms with Crippen LogP contribution in [0.4, 0.5) is 19.1 Å². The maximum Gasteiger partial charge on any atom is 0.279 e. The molecule has 5 rings (SSSR count). The van der Waals surface area contributed by atoms with Crippen molar-refractivity contribution in [2.75, 3.05) is 31.1 Å². The SMILES string of the molecule is Cc1nc2c(-c3ccc(Cl)cc3F)nc(N3CCN(CC(F)F)C(c4cnn(C)c4)C3)nc2c(=O)n1C. The van der Waals surface area contributed by atoms with E-state index >= 15 is 4.39 Å². The molecule has 1 unspecified atom stereocenters. The molecule has 0 radical (unpaired) electrons. The Morgan fingerprint density at radius 3 is 2.59 bits per heavy atom. The van der Waals surface area contributed by atoms with Gasteiger partial charge in [0.2, 0.25) is 5.95 Å². The summed E-state index contributed by atoms with van der Waals surface area (Å²) in [5.74, 6) is -0.0134. The molecular formula is C24H24ClF3N8O. The highest BCUT2D eigenvalue weighted by Crippen LogP contribution is 2.32. The van der Waals surface area contributed by atoms with Crippen LogP contribution in [0, 0.1) is 12.7 Å². The molecule has 1 aliphatic heterocycles. The van der Waals surface area contributed by atoms with Crippen LogP contribution in [0.1, 0.15) is 17.4 Å². The van der Waals surface area contributed by atoms with Crippen molar-refractivity contribution in [2.45, 2.75) is 19.4 Å². The number of aryl methyl sites for hydroxylation is 2. The number of benzene rings is 1.